The van der Waals surface area contributed by atoms with Crippen LogP contribution < -0.4 is 5.56 Å². The van der Waals surface area contributed by atoms with Gasteiger partial charge in [0.2, 0.25) is 0 Å². The molecule has 20 heavy (non-hydrogen) atoms. The molecule has 0 N–H and O–H groups in total. The molecule has 0 amide bonds. The van der Waals surface area contributed by atoms with Crippen LogP contribution in [0, 0.1) is 12.3 Å². The molecule has 0 radical (unpaired) electrons. The Morgan fingerprint density at radius 3 is 3.00 bits per heavy atom. The van der Waals surface area contributed by atoms with Crippen molar-refractivity contribution in [3.8, 4) is 22.8 Å². The summed E-state index contributed by atoms with van der Waals surface area (Å²) in [6.07, 6.45) is 7.74. The number of fused-ring (bicyclic) bond motifs is 1. The average molecular weight is 300 g/mol. The van der Waals surface area contributed by atoms with Gasteiger partial charge < -0.3 is 0 Å². The number of aryl methyl sites for hydroxylation is 1. The third-order valence-corrected chi connectivity index (χ3v) is 5.23. The summed E-state index contributed by atoms with van der Waals surface area (Å²) < 4.78 is 1.49. The van der Waals surface area contributed by atoms with Gasteiger partial charge in [0.25, 0.3) is 5.56 Å². The lowest BCUT2D eigenvalue weighted by molar-refractivity contribution is 0.784. The highest BCUT2D eigenvalue weighted by Crippen LogP contribution is 2.38. The van der Waals surface area contributed by atoms with Gasteiger partial charge in [-0.2, -0.15) is 0 Å². The van der Waals surface area contributed by atoms with Crippen molar-refractivity contribution in [2.24, 2.45) is 0 Å². The third-order valence-electron chi connectivity index (χ3n) is 3.10. The maximum atomic E-state index is 12.6. The summed E-state index contributed by atoms with van der Waals surface area (Å²) in [5.41, 5.74) is 0.985. The lowest BCUT2D eigenvalue weighted by atomic mass is 10.1. The van der Waals surface area contributed by atoms with Crippen molar-refractivity contribution in [2.75, 3.05) is 0 Å². The van der Waals surface area contributed by atoms with E-state index in [2.05, 4.69) is 17.8 Å². The monoisotopic (exact) mass is 300 g/mol. The summed E-state index contributed by atoms with van der Waals surface area (Å²) in [6, 6.07) is 4.04. The molecule has 0 saturated carbocycles. The SMILES string of the molecule is C#CCn1cnc2sc(CC)c(-c3cccs3)c2c1=O. The van der Waals surface area contributed by atoms with Crippen LogP contribution in [-0.2, 0) is 13.0 Å². The molecule has 0 unspecified atom stereocenters. The van der Waals surface area contributed by atoms with Gasteiger partial charge in [0.1, 0.15) is 4.83 Å². The van der Waals surface area contributed by atoms with Gasteiger partial charge in [0, 0.05) is 15.3 Å². The van der Waals surface area contributed by atoms with Crippen LogP contribution in [0.4, 0.5) is 0 Å². The molecule has 3 aromatic heterocycles. The molecule has 5 heteroatoms. The molecule has 0 aliphatic carbocycles. The number of thiophene rings is 2. The summed E-state index contributed by atoms with van der Waals surface area (Å²) in [5.74, 6) is 2.49. The molecule has 100 valence electrons. The largest absolute Gasteiger partial charge is 0.287 e. The molecule has 3 rings (SSSR count). The van der Waals surface area contributed by atoms with E-state index in [0.717, 1.165) is 21.7 Å². The minimum Gasteiger partial charge on any atom is -0.287 e. The first-order chi connectivity index (χ1) is 9.76. The number of aromatic nitrogens is 2. The lowest BCUT2D eigenvalue weighted by Crippen LogP contribution is -2.19. The van der Waals surface area contributed by atoms with E-state index < -0.39 is 0 Å². The van der Waals surface area contributed by atoms with Gasteiger partial charge in [0.05, 0.1) is 18.3 Å². The maximum absolute atomic E-state index is 12.6. The first-order valence-electron chi connectivity index (χ1n) is 6.24. The second kappa shape index (κ2) is 5.23. The first-order valence-corrected chi connectivity index (χ1v) is 7.94. The van der Waals surface area contributed by atoms with Crippen molar-refractivity contribution in [2.45, 2.75) is 19.9 Å². The van der Waals surface area contributed by atoms with E-state index >= 15 is 0 Å². The normalized spacial score (nSPS) is 10.8. The maximum Gasteiger partial charge on any atom is 0.263 e. The molecule has 0 aromatic carbocycles. The van der Waals surface area contributed by atoms with Gasteiger partial charge in [-0.3, -0.25) is 9.36 Å². The summed E-state index contributed by atoms with van der Waals surface area (Å²) in [6.45, 7) is 2.35. The number of terminal acetylenes is 1. The molecule has 0 bridgehead atoms. The summed E-state index contributed by atoms with van der Waals surface area (Å²) >= 11 is 3.24. The highest BCUT2D eigenvalue weighted by atomic mass is 32.1. The third kappa shape index (κ3) is 1.98. The summed E-state index contributed by atoms with van der Waals surface area (Å²) in [7, 11) is 0. The average Bonchev–Trinajstić information content (AvgIpc) is 3.08. The predicted molar refractivity (Wildman–Crippen MR) is 85.4 cm³/mol. The van der Waals surface area contributed by atoms with Crippen molar-refractivity contribution in [1.29, 1.82) is 0 Å². The standard InChI is InChI=1S/C15H12N2OS2/c1-3-7-17-9-16-14-13(15(17)18)12(10(4-2)20-14)11-6-5-8-19-11/h1,5-6,8-9H,4,7H2,2H3. The lowest BCUT2D eigenvalue weighted by Gasteiger charge is -2.02. The summed E-state index contributed by atoms with van der Waals surface area (Å²) in [5, 5.41) is 2.72. The Kier molecular flexibility index (Phi) is 3.43. The zero-order chi connectivity index (χ0) is 14.1. The Balaban J connectivity index is 2.39. The van der Waals surface area contributed by atoms with Crippen molar-refractivity contribution >= 4 is 32.9 Å². The fourth-order valence-electron chi connectivity index (χ4n) is 2.21. The number of nitrogens with zero attached hydrogens (tertiary/aromatic N) is 2. The van der Waals surface area contributed by atoms with Crippen LogP contribution in [0.3, 0.4) is 0 Å². The van der Waals surface area contributed by atoms with Crippen LogP contribution in [0.1, 0.15) is 11.8 Å². The number of hydrogen-bond acceptors (Lipinski definition) is 4. The van der Waals surface area contributed by atoms with E-state index in [9.17, 15) is 4.79 Å². The number of rotatable bonds is 3. The Labute approximate surface area is 124 Å². The minimum absolute atomic E-state index is 0.0488. The van der Waals surface area contributed by atoms with Gasteiger partial charge in [-0.1, -0.05) is 18.9 Å². The molecular weight excluding hydrogens is 288 g/mol. The fraction of sp³-hybridized carbons (Fsp3) is 0.200. The molecule has 3 heterocycles. The zero-order valence-electron chi connectivity index (χ0n) is 10.9. The van der Waals surface area contributed by atoms with Crippen molar-refractivity contribution in [1.82, 2.24) is 9.55 Å². The van der Waals surface area contributed by atoms with Crippen LogP contribution in [-0.4, -0.2) is 9.55 Å². The van der Waals surface area contributed by atoms with Crippen molar-refractivity contribution in [3.05, 3.63) is 39.1 Å². The van der Waals surface area contributed by atoms with Gasteiger partial charge >= 0.3 is 0 Å². The second-order valence-corrected chi connectivity index (χ2v) is 6.32. The Bertz CT molecular complexity index is 850. The van der Waals surface area contributed by atoms with Gasteiger partial charge in [0.15, 0.2) is 0 Å². The van der Waals surface area contributed by atoms with E-state index in [1.807, 2.05) is 17.5 Å². The minimum atomic E-state index is -0.0488. The molecule has 0 fully saturated rings. The van der Waals surface area contributed by atoms with E-state index in [-0.39, 0.29) is 12.1 Å². The van der Waals surface area contributed by atoms with Crippen LogP contribution in [0.5, 0.6) is 0 Å². The molecule has 0 saturated heterocycles. The Morgan fingerprint density at radius 1 is 1.50 bits per heavy atom. The van der Waals surface area contributed by atoms with E-state index in [1.54, 1.807) is 29.0 Å². The quantitative estimate of drug-likeness (QED) is 0.695. The van der Waals surface area contributed by atoms with Crippen molar-refractivity contribution in [3.63, 3.8) is 0 Å². The molecule has 3 aromatic rings. The van der Waals surface area contributed by atoms with Crippen LogP contribution in [0.15, 0.2) is 28.6 Å². The fourth-order valence-corrected chi connectivity index (χ4v) is 4.17. The van der Waals surface area contributed by atoms with Crippen molar-refractivity contribution < 1.29 is 0 Å². The molecule has 0 aliphatic rings. The van der Waals surface area contributed by atoms with E-state index in [1.165, 1.54) is 9.44 Å². The molecular formula is C15H12N2OS2. The summed E-state index contributed by atoms with van der Waals surface area (Å²) in [4.78, 5) is 20.1. The molecule has 0 atom stereocenters. The van der Waals surface area contributed by atoms with E-state index in [0.29, 0.717) is 5.39 Å². The smallest absolute Gasteiger partial charge is 0.263 e. The van der Waals surface area contributed by atoms with Gasteiger partial charge in [-0.05, 0) is 17.9 Å². The molecule has 0 spiro atoms. The van der Waals surface area contributed by atoms with Crippen LogP contribution in [0.2, 0.25) is 0 Å². The highest BCUT2D eigenvalue weighted by molar-refractivity contribution is 7.20. The van der Waals surface area contributed by atoms with E-state index in [4.69, 9.17) is 6.42 Å². The second-order valence-electron chi connectivity index (χ2n) is 4.29. The number of hydrogen-bond donors (Lipinski definition) is 0. The highest BCUT2D eigenvalue weighted by Gasteiger charge is 2.18. The van der Waals surface area contributed by atoms with Crippen LogP contribution in [0.25, 0.3) is 20.7 Å². The zero-order valence-corrected chi connectivity index (χ0v) is 12.6. The van der Waals surface area contributed by atoms with Gasteiger partial charge in [-0.15, -0.1) is 29.1 Å². The first kappa shape index (κ1) is 13.1. The molecule has 3 nitrogen and oxygen atoms in total. The topological polar surface area (TPSA) is 34.9 Å². The van der Waals surface area contributed by atoms with Gasteiger partial charge in [-0.25, -0.2) is 4.98 Å². The van der Waals surface area contributed by atoms with Crippen LogP contribution >= 0.6 is 22.7 Å². The Morgan fingerprint density at radius 2 is 2.35 bits per heavy atom. The molecule has 0 aliphatic heterocycles. The predicted octanol–water partition coefficient (Wildman–Crippen LogP) is 3.38. The Hall–Kier alpha value is -1.90.